The van der Waals surface area contributed by atoms with Crippen LogP contribution in [0.1, 0.15) is 20.0 Å². The minimum Gasteiger partial charge on any atom is -0.477 e. The number of carbonyl (C=O) groups excluding carboxylic acids is 1. The first kappa shape index (κ1) is 26.2. The Morgan fingerprint density at radius 3 is 2.36 bits per heavy atom. The Hall–Kier alpha value is -4.41. The van der Waals surface area contributed by atoms with Gasteiger partial charge in [0.25, 0.3) is 5.91 Å². The predicted octanol–water partition coefficient (Wildman–Crippen LogP) is 5.41. The van der Waals surface area contributed by atoms with E-state index in [1.165, 1.54) is 0 Å². The van der Waals surface area contributed by atoms with Gasteiger partial charge in [-0.05, 0) is 60.7 Å². The normalized spacial score (nSPS) is 13.1. The van der Waals surface area contributed by atoms with Gasteiger partial charge in [0.15, 0.2) is 10.7 Å². The number of carboxylic acid groups (broad SMARTS) is 1. The number of hydrogen-bond acceptors (Lipinski definition) is 8. The van der Waals surface area contributed by atoms with Crippen molar-refractivity contribution in [2.75, 3.05) is 60.8 Å². The van der Waals surface area contributed by atoms with Crippen molar-refractivity contribution < 1.29 is 19.4 Å². The number of hydrogen-bond donors (Lipinski definition) is 3. The molecule has 0 bridgehead atoms. The third-order valence-electron chi connectivity index (χ3n) is 6.34. The molecule has 1 saturated heterocycles. The first-order chi connectivity index (χ1) is 18.9. The fourth-order valence-electron chi connectivity index (χ4n) is 4.23. The zero-order valence-electron chi connectivity index (χ0n) is 21.7. The molecular formula is C29H29N5O4S. The average Bonchev–Trinajstić information content (AvgIpc) is 3.38. The van der Waals surface area contributed by atoms with Crippen LogP contribution in [0.15, 0.2) is 72.8 Å². The smallest absolute Gasteiger partial charge is 0.349 e. The fourth-order valence-corrected chi connectivity index (χ4v) is 5.09. The van der Waals surface area contributed by atoms with Crippen LogP contribution in [0.4, 0.5) is 28.6 Å². The molecular weight excluding hydrogens is 514 g/mol. The summed E-state index contributed by atoms with van der Waals surface area (Å²) in [6.45, 7) is 3.10. The topological polar surface area (TPSA) is 107 Å². The number of thiazole rings is 1. The maximum Gasteiger partial charge on any atom is 0.349 e. The Bertz CT molecular complexity index is 1460. The van der Waals surface area contributed by atoms with Gasteiger partial charge in [-0.25, -0.2) is 9.78 Å². The number of rotatable bonds is 8. The van der Waals surface area contributed by atoms with Crippen molar-refractivity contribution in [3.05, 3.63) is 83.2 Å². The monoisotopic (exact) mass is 543 g/mol. The van der Waals surface area contributed by atoms with E-state index in [1.807, 2.05) is 61.5 Å². The number of morpholine rings is 1. The average molecular weight is 544 g/mol. The van der Waals surface area contributed by atoms with Gasteiger partial charge in [0.05, 0.1) is 13.2 Å². The summed E-state index contributed by atoms with van der Waals surface area (Å²) in [6, 6.07) is 22.4. The van der Waals surface area contributed by atoms with Crippen LogP contribution in [0.5, 0.6) is 0 Å². The predicted molar refractivity (Wildman–Crippen MR) is 156 cm³/mol. The van der Waals surface area contributed by atoms with Crippen LogP contribution in [0.2, 0.25) is 0 Å². The van der Waals surface area contributed by atoms with Crippen molar-refractivity contribution in [1.82, 2.24) is 4.98 Å². The van der Waals surface area contributed by atoms with Crippen molar-refractivity contribution in [1.29, 1.82) is 0 Å². The number of aromatic nitrogens is 1. The highest BCUT2D eigenvalue weighted by atomic mass is 32.1. The molecule has 2 heterocycles. The molecule has 3 aromatic carbocycles. The number of anilines is 5. The lowest BCUT2D eigenvalue weighted by atomic mass is 10.1. The number of nitrogens with zero attached hydrogens (tertiary/aromatic N) is 3. The molecule has 1 aliphatic rings. The van der Waals surface area contributed by atoms with E-state index < -0.39 is 5.97 Å². The van der Waals surface area contributed by atoms with E-state index in [0.717, 1.165) is 41.5 Å². The maximum atomic E-state index is 12.8. The molecule has 3 N–H and O–H groups in total. The number of aromatic carboxylic acids is 1. The number of benzene rings is 3. The second-order valence-electron chi connectivity index (χ2n) is 9.25. The molecule has 0 radical (unpaired) electrons. The van der Waals surface area contributed by atoms with E-state index in [0.29, 0.717) is 35.0 Å². The second-order valence-corrected chi connectivity index (χ2v) is 10.2. The summed E-state index contributed by atoms with van der Waals surface area (Å²) >= 11 is 1.08. The Morgan fingerprint density at radius 2 is 1.69 bits per heavy atom. The van der Waals surface area contributed by atoms with Gasteiger partial charge in [-0.3, -0.25) is 4.79 Å². The first-order valence-corrected chi connectivity index (χ1v) is 13.3. The van der Waals surface area contributed by atoms with E-state index >= 15 is 0 Å². The van der Waals surface area contributed by atoms with Crippen molar-refractivity contribution in [3.63, 3.8) is 0 Å². The van der Waals surface area contributed by atoms with Crippen LogP contribution in [-0.4, -0.2) is 62.4 Å². The highest BCUT2D eigenvalue weighted by molar-refractivity contribution is 7.17. The molecule has 5 rings (SSSR count). The summed E-state index contributed by atoms with van der Waals surface area (Å²) in [5.74, 6) is -1.01. The summed E-state index contributed by atoms with van der Waals surface area (Å²) in [5, 5.41) is 16.4. The molecule has 0 unspecified atom stereocenters. The molecule has 9 nitrogen and oxygen atoms in total. The molecule has 4 aromatic rings. The summed E-state index contributed by atoms with van der Waals surface area (Å²) in [5.41, 5.74) is 4.68. The van der Waals surface area contributed by atoms with Crippen molar-refractivity contribution in [2.45, 2.75) is 0 Å². The maximum absolute atomic E-state index is 12.8. The molecule has 0 aliphatic carbocycles. The van der Waals surface area contributed by atoms with Gasteiger partial charge in [-0.15, -0.1) is 11.3 Å². The van der Waals surface area contributed by atoms with E-state index in [9.17, 15) is 14.7 Å². The zero-order valence-corrected chi connectivity index (χ0v) is 22.5. The Morgan fingerprint density at radius 1 is 0.974 bits per heavy atom. The minimum atomic E-state index is -1.06. The highest BCUT2D eigenvalue weighted by Crippen LogP contribution is 2.34. The fraction of sp³-hybridized carbons (Fsp3) is 0.207. The highest BCUT2D eigenvalue weighted by Gasteiger charge is 2.19. The van der Waals surface area contributed by atoms with Crippen LogP contribution in [0.25, 0.3) is 10.6 Å². The van der Waals surface area contributed by atoms with Crippen LogP contribution in [0, 0.1) is 0 Å². The van der Waals surface area contributed by atoms with E-state index in [2.05, 4.69) is 20.5 Å². The number of carboxylic acids is 1. The van der Waals surface area contributed by atoms with E-state index in [1.54, 1.807) is 30.3 Å². The number of amides is 1. The lowest BCUT2D eigenvalue weighted by molar-refractivity contribution is 0.0702. The lowest BCUT2D eigenvalue weighted by Gasteiger charge is -2.28. The summed E-state index contributed by atoms with van der Waals surface area (Å²) in [4.78, 5) is 33.7. The second kappa shape index (κ2) is 11.5. The van der Waals surface area contributed by atoms with Gasteiger partial charge in [0, 0.05) is 61.1 Å². The van der Waals surface area contributed by atoms with Crippen LogP contribution < -0.4 is 20.4 Å². The van der Waals surface area contributed by atoms with E-state index in [4.69, 9.17) is 4.74 Å². The molecule has 0 spiro atoms. The van der Waals surface area contributed by atoms with Gasteiger partial charge < -0.3 is 30.3 Å². The summed E-state index contributed by atoms with van der Waals surface area (Å²) in [6.07, 6.45) is 0. The number of carbonyl (C=O) groups is 2. The first-order valence-electron chi connectivity index (χ1n) is 12.5. The van der Waals surface area contributed by atoms with Crippen LogP contribution >= 0.6 is 11.3 Å². The standard InChI is InChI=1S/C29H29N5O4S/c1-33(2)23-10-6-19(7-11-23)27(35)31-22-5-3-4-20(18-22)28-32-26(25(39-28)29(36)37)30-21-8-12-24(13-9-21)34-14-16-38-17-15-34/h3-13,18,30H,14-17H2,1-2H3,(H,31,35)(H,36,37). The van der Waals surface area contributed by atoms with Gasteiger partial charge in [-0.1, -0.05) is 12.1 Å². The Balaban J connectivity index is 1.32. The summed E-state index contributed by atoms with van der Waals surface area (Å²) < 4.78 is 5.42. The van der Waals surface area contributed by atoms with E-state index in [-0.39, 0.29) is 16.6 Å². The van der Waals surface area contributed by atoms with Crippen molar-refractivity contribution in [3.8, 4) is 10.6 Å². The molecule has 1 amide bonds. The molecule has 1 fully saturated rings. The molecule has 1 aromatic heterocycles. The lowest BCUT2D eigenvalue weighted by Crippen LogP contribution is -2.36. The molecule has 39 heavy (non-hydrogen) atoms. The van der Waals surface area contributed by atoms with Crippen molar-refractivity contribution >= 4 is 51.8 Å². The van der Waals surface area contributed by atoms with Crippen molar-refractivity contribution in [2.24, 2.45) is 0 Å². The Labute approximate surface area is 230 Å². The molecule has 0 atom stereocenters. The quantitative estimate of drug-likeness (QED) is 0.271. The van der Waals surface area contributed by atoms with Gasteiger partial charge in [0.1, 0.15) is 5.01 Å². The van der Waals surface area contributed by atoms with Crippen LogP contribution in [0.3, 0.4) is 0 Å². The van der Waals surface area contributed by atoms with Crippen LogP contribution in [-0.2, 0) is 4.74 Å². The third kappa shape index (κ3) is 6.19. The SMILES string of the molecule is CN(C)c1ccc(C(=O)Nc2cccc(-c3nc(Nc4ccc(N5CCOCC5)cc4)c(C(=O)O)s3)c2)cc1. The minimum absolute atomic E-state index is 0.109. The number of ether oxygens (including phenoxy) is 1. The number of nitrogens with one attached hydrogen (secondary N) is 2. The molecule has 1 aliphatic heterocycles. The van der Waals surface area contributed by atoms with Gasteiger partial charge >= 0.3 is 5.97 Å². The molecule has 10 heteroatoms. The molecule has 0 saturated carbocycles. The van der Waals surface area contributed by atoms with Gasteiger partial charge in [-0.2, -0.15) is 0 Å². The Kier molecular flexibility index (Phi) is 7.76. The summed E-state index contributed by atoms with van der Waals surface area (Å²) in [7, 11) is 3.89. The largest absolute Gasteiger partial charge is 0.477 e. The third-order valence-corrected chi connectivity index (χ3v) is 7.43. The zero-order chi connectivity index (χ0) is 27.4. The molecule has 200 valence electrons. The van der Waals surface area contributed by atoms with Gasteiger partial charge in [0.2, 0.25) is 0 Å².